The van der Waals surface area contributed by atoms with E-state index in [1.807, 2.05) is 6.07 Å². The number of likely N-dealkylation sites (N-methyl/N-ethyl adjacent to an activating group) is 1. The van der Waals surface area contributed by atoms with Crippen LogP contribution in [0, 0.1) is 0 Å². The van der Waals surface area contributed by atoms with Gasteiger partial charge in [0.05, 0.1) is 50.3 Å². The standard InChI is InChI=1S/C23H25N5O5/c1-27-16-12-28(13-18(29)25-11-14-7-4-5-10-24-14)22(30)19(16)20(26-23(27)31)15-8-6-9-17(32-2)21(15)33-3/h4-10,20H,11-13H2,1-3H3,(H,25,29)(H,26,31). The Morgan fingerprint density at radius 3 is 2.70 bits per heavy atom. The van der Waals surface area contributed by atoms with Crippen molar-refractivity contribution in [3.8, 4) is 11.5 Å². The Balaban J connectivity index is 1.56. The molecule has 10 heteroatoms. The zero-order valence-corrected chi connectivity index (χ0v) is 18.6. The average Bonchev–Trinajstić information content (AvgIpc) is 3.16. The molecule has 1 aromatic carbocycles. The molecule has 0 saturated heterocycles. The minimum atomic E-state index is -0.733. The molecule has 2 aliphatic rings. The van der Waals surface area contributed by atoms with Crippen LogP contribution in [0.1, 0.15) is 17.3 Å². The molecule has 0 aliphatic carbocycles. The van der Waals surface area contributed by atoms with Crippen molar-refractivity contribution >= 4 is 17.8 Å². The fourth-order valence-corrected chi connectivity index (χ4v) is 4.04. The highest BCUT2D eigenvalue weighted by atomic mass is 16.5. The van der Waals surface area contributed by atoms with Crippen molar-refractivity contribution < 1.29 is 23.9 Å². The van der Waals surface area contributed by atoms with E-state index in [1.165, 1.54) is 24.0 Å². The number of nitrogens with one attached hydrogen (secondary N) is 2. The monoisotopic (exact) mass is 451 g/mol. The molecule has 2 aromatic rings. The first-order valence-corrected chi connectivity index (χ1v) is 10.4. The molecule has 2 aliphatic heterocycles. The topological polar surface area (TPSA) is 113 Å². The first kappa shape index (κ1) is 22.1. The van der Waals surface area contributed by atoms with Crippen molar-refractivity contribution in [1.29, 1.82) is 0 Å². The van der Waals surface area contributed by atoms with E-state index in [2.05, 4.69) is 15.6 Å². The molecule has 1 atom stereocenters. The number of hydrogen-bond acceptors (Lipinski definition) is 6. The van der Waals surface area contributed by atoms with E-state index in [1.54, 1.807) is 43.6 Å². The molecular formula is C23H25N5O5. The second kappa shape index (κ2) is 9.19. The summed E-state index contributed by atoms with van der Waals surface area (Å²) in [5.41, 5.74) is 2.27. The first-order valence-electron chi connectivity index (χ1n) is 10.4. The quantitative estimate of drug-likeness (QED) is 0.654. The molecule has 4 rings (SSSR count). The van der Waals surface area contributed by atoms with Gasteiger partial charge in [-0.3, -0.25) is 19.5 Å². The van der Waals surface area contributed by atoms with Crippen LogP contribution in [-0.2, 0) is 16.1 Å². The van der Waals surface area contributed by atoms with E-state index < -0.39 is 6.04 Å². The summed E-state index contributed by atoms with van der Waals surface area (Å²) in [4.78, 5) is 45.5. The fraction of sp³-hybridized carbons (Fsp3) is 0.304. The third kappa shape index (κ3) is 4.19. The summed E-state index contributed by atoms with van der Waals surface area (Å²) in [5.74, 6) is 0.286. The largest absolute Gasteiger partial charge is 0.493 e. The second-order valence-electron chi connectivity index (χ2n) is 7.64. The van der Waals surface area contributed by atoms with Gasteiger partial charge in [0.2, 0.25) is 5.91 Å². The Morgan fingerprint density at radius 2 is 2.00 bits per heavy atom. The molecule has 1 aromatic heterocycles. The Hall–Kier alpha value is -4.08. The van der Waals surface area contributed by atoms with Crippen LogP contribution in [0.2, 0.25) is 0 Å². The minimum absolute atomic E-state index is 0.136. The smallest absolute Gasteiger partial charge is 0.322 e. The predicted molar refractivity (Wildman–Crippen MR) is 118 cm³/mol. The maximum atomic E-state index is 13.4. The number of para-hydroxylation sites is 1. The van der Waals surface area contributed by atoms with E-state index >= 15 is 0 Å². The number of hydrogen-bond donors (Lipinski definition) is 2. The molecule has 33 heavy (non-hydrogen) atoms. The van der Waals surface area contributed by atoms with E-state index in [-0.39, 0.29) is 37.5 Å². The third-order valence-corrected chi connectivity index (χ3v) is 5.71. The second-order valence-corrected chi connectivity index (χ2v) is 7.64. The average molecular weight is 451 g/mol. The van der Waals surface area contributed by atoms with E-state index in [0.29, 0.717) is 28.3 Å². The number of nitrogens with zero attached hydrogens (tertiary/aromatic N) is 3. The molecule has 0 bridgehead atoms. The van der Waals surface area contributed by atoms with Crippen molar-refractivity contribution in [2.75, 3.05) is 34.4 Å². The number of methoxy groups -OCH3 is 2. The number of urea groups is 1. The Kier molecular flexibility index (Phi) is 6.16. The first-order chi connectivity index (χ1) is 15.9. The highest BCUT2D eigenvalue weighted by Crippen LogP contribution is 2.42. The van der Waals surface area contributed by atoms with Gasteiger partial charge in [-0.1, -0.05) is 18.2 Å². The lowest BCUT2D eigenvalue weighted by molar-refractivity contribution is -0.132. The summed E-state index contributed by atoms with van der Waals surface area (Å²) in [7, 11) is 4.62. The number of carbonyl (C=O) groups is 3. The van der Waals surface area contributed by atoms with Crippen molar-refractivity contribution in [2.24, 2.45) is 0 Å². The van der Waals surface area contributed by atoms with Gasteiger partial charge < -0.3 is 25.0 Å². The molecule has 0 spiro atoms. The van der Waals surface area contributed by atoms with Crippen LogP contribution in [0.4, 0.5) is 4.79 Å². The number of rotatable bonds is 7. The van der Waals surface area contributed by atoms with Crippen molar-refractivity contribution in [1.82, 2.24) is 25.4 Å². The van der Waals surface area contributed by atoms with E-state index in [0.717, 1.165) is 5.69 Å². The molecule has 4 amide bonds. The molecule has 0 fully saturated rings. The maximum absolute atomic E-state index is 13.4. The summed E-state index contributed by atoms with van der Waals surface area (Å²) in [5, 5.41) is 5.65. The van der Waals surface area contributed by atoms with Crippen molar-refractivity contribution in [3.05, 3.63) is 65.1 Å². The molecule has 3 heterocycles. The summed E-state index contributed by atoms with van der Waals surface area (Å²) in [6, 6.07) is 9.64. The van der Waals surface area contributed by atoms with Gasteiger partial charge in [0.25, 0.3) is 5.91 Å². The third-order valence-electron chi connectivity index (χ3n) is 5.71. The lowest BCUT2D eigenvalue weighted by Gasteiger charge is -2.31. The predicted octanol–water partition coefficient (Wildman–Crippen LogP) is 1.21. The van der Waals surface area contributed by atoms with Gasteiger partial charge in [-0.2, -0.15) is 0 Å². The molecule has 0 radical (unpaired) electrons. The maximum Gasteiger partial charge on any atom is 0.322 e. The molecule has 0 saturated carbocycles. The Bertz CT molecular complexity index is 1120. The van der Waals surface area contributed by atoms with Crippen LogP contribution in [0.15, 0.2) is 53.9 Å². The van der Waals surface area contributed by atoms with Crippen molar-refractivity contribution in [3.63, 3.8) is 0 Å². The van der Waals surface area contributed by atoms with Gasteiger partial charge in [0.15, 0.2) is 11.5 Å². The molecule has 1 unspecified atom stereocenters. The summed E-state index contributed by atoms with van der Waals surface area (Å²) >= 11 is 0. The SMILES string of the molecule is COc1cccc(C2NC(=O)N(C)C3=C2C(=O)N(CC(=O)NCc2ccccn2)C3)c1OC. The van der Waals surface area contributed by atoms with Gasteiger partial charge in [0.1, 0.15) is 6.54 Å². The fourth-order valence-electron chi connectivity index (χ4n) is 4.04. The lowest BCUT2D eigenvalue weighted by Crippen LogP contribution is -2.45. The minimum Gasteiger partial charge on any atom is -0.493 e. The van der Waals surface area contributed by atoms with Crippen molar-refractivity contribution in [2.45, 2.75) is 12.6 Å². The number of carbonyl (C=O) groups excluding carboxylic acids is 3. The zero-order valence-electron chi connectivity index (χ0n) is 18.6. The number of amides is 4. The lowest BCUT2D eigenvalue weighted by atomic mass is 9.94. The van der Waals surface area contributed by atoms with Gasteiger partial charge in [-0.25, -0.2) is 4.79 Å². The number of benzene rings is 1. The molecular weight excluding hydrogens is 426 g/mol. The van der Waals surface area contributed by atoms with Gasteiger partial charge in [-0.05, 0) is 18.2 Å². The van der Waals surface area contributed by atoms with E-state index in [4.69, 9.17) is 9.47 Å². The molecule has 172 valence electrons. The van der Waals surface area contributed by atoms with Crippen LogP contribution in [-0.4, -0.2) is 67.0 Å². The van der Waals surface area contributed by atoms with Gasteiger partial charge in [-0.15, -0.1) is 0 Å². The molecule has 10 nitrogen and oxygen atoms in total. The highest BCUT2D eigenvalue weighted by molar-refractivity contribution is 6.03. The van der Waals surface area contributed by atoms with Gasteiger partial charge >= 0.3 is 6.03 Å². The summed E-state index contributed by atoms with van der Waals surface area (Å²) in [6.45, 7) is 0.277. The Morgan fingerprint density at radius 1 is 1.18 bits per heavy atom. The van der Waals surface area contributed by atoms with Gasteiger partial charge in [0, 0.05) is 18.8 Å². The number of ether oxygens (including phenoxy) is 2. The number of pyridine rings is 1. The van der Waals surface area contributed by atoms with Crippen LogP contribution in [0.25, 0.3) is 0 Å². The van der Waals surface area contributed by atoms with Crippen LogP contribution >= 0.6 is 0 Å². The number of aromatic nitrogens is 1. The normalized spacial score (nSPS) is 17.6. The van der Waals surface area contributed by atoms with Crippen LogP contribution in [0.3, 0.4) is 0 Å². The molecule has 2 N–H and O–H groups in total. The zero-order chi connectivity index (χ0) is 23.5. The van der Waals surface area contributed by atoms with Crippen LogP contribution in [0.5, 0.6) is 11.5 Å². The Labute approximate surface area is 191 Å². The summed E-state index contributed by atoms with van der Waals surface area (Å²) < 4.78 is 10.9. The van der Waals surface area contributed by atoms with E-state index in [9.17, 15) is 14.4 Å². The summed E-state index contributed by atoms with van der Waals surface area (Å²) in [6.07, 6.45) is 1.65. The highest BCUT2D eigenvalue weighted by Gasteiger charge is 2.44. The van der Waals surface area contributed by atoms with Crippen LogP contribution < -0.4 is 20.1 Å².